The van der Waals surface area contributed by atoms with Crippen molar-refractivity contribution in [1.29, 1.82) is 0 Å². The minimum absolute atomic E-state index is 0.0485. The van der Waals surface area contributed by atoms with Crippen molar-refractivity contribution in [2.24, 2.45) is 0 Å². The van der Waals surface area contributed by atoms with Gasteiger partial charge in [-0.05, 0) is 36.8 Å². The van der Waals surface area contributed by atoms with Gasteiger partial charge in [-0.25, -0.2) is 18.2 Å². The van der Waals surface area contributed by atoms with Gasteiger partial charge in [-0.1, -0.05) is 12.1 Å². The van der Waals surface area contributed by atoms with Crippen molar-refractivity contribution in [2.45, 2.75) is 19.3 Å². The molecule has 2 heterocycles. The third-order valence-corrected chi connectivity index (χ3v) is 5.98. The van der Waals surface area contributed by atoms with E-state index in [0.717, 1.165) is 0 Å². The first-order valence-corrected chi connectivity index (χ1v) is 12.0. The Morgan fingerprint density at radius 1 is 1.05 bits per heavy atom. The zero-order valence-electron chi connectivity index (χ0n) is 20.5. The first kappa shape index (κ1) is 26.8. The lowest BCUT2D eigenvalue weighted by Gasteiger charge is -2.40. The van der Waals surface area contributed by atoms with Gasteiger partial charge in [0.05, 0.1) is 31.9 Å². The zero-order chi connectivity index (χ0) is 26.4. The Morgan fingerprint density at radius 3 is 2.43 bits per heavy atom. The summed E-state index contributed by atoms with van der Waals surface area (Å²) in [5.41, 5.74) is 2.87. The number of hydrogen-bond donors (Lipinski definition) is 3. The average Bonchev–Trinajstić information content (AvgIpc) is 3.23. The normalized spacial score (nSPS) is 14.2. The lowest BCUT2D eigenvalue weighted by atomic mass is 10.1. The molecule has 0 saturated carbocycles. The number of hydrogen-bond acceptors (Lipinski definition) is 8. The van der Waals surface area contributed by atoms with Crippen LogP contribution in [0.15, 0.2) is 36.4 Å². The number of anilines is 3. The number of pyridine rings is 1. The van der Waals surface area contributed by atoms with E-state index >= 15 is 0 Å². The number of aryl methyl sites for hydroxylation is 1. The van der Waals surface area contributed by atoms with Gasteiger partial charge in [0, 0.05) is 23.2 Å². The lowest BCUT2D eigenvalue weighted by molar-refractivity contribution is -0.229. The maximum atomic E-state index is 13.4. The van der Waals surface area contributed by atoms with Gasteiger partial charge in [-0.15, -0.1) is 0 Å². The molecule has 0 saturated heterocycles. The molecule has 0 amide bonds. The van der Waals surface area contributed by atoms with Crippen LogP contribution in [0.25, 0.3) is 10.9 Å². The number of phenolic OH excluding ortho intramolecular Hbond substituents is 1. The maximum Gasteiger partial charge on any atom is 0.260 e. The van der Waals surface area contributed by atoms with Gasteiger partial charge in [0.1, 0.15) is 49.5 Å². The highest BCUT2D eigenvalue weighted by Crippen LogP contribution is 2.52. The summed E-state index contributed by atoms with van der Waals surface area (Å²) in [7, 11) is 0. The monoisotopic (exact) mass is 521 g/mol. The van der Waals surface area contributed by atoms with Gasteiger partial charge < -0.3 is 29.7 Å². The summed E-state index contributed by atoms with van der Waals surface area (Å²) in [6, 6.07) is 9.95. The number of para-hydroxylation sites is 1. The molecule has 0 aliphatic carbocycles. The minimum atomic E-state index is -1.64. The molecule has 0 unspecified atom stereocenters. The summed E-state index contributed by atoms with van der Waals surface area (Å²) < 4.78 is 57.3. The van der Waals surface area contributed by atoms with Crippen molar-refractivity contribution < 1.29 is 37.6 Å². The number of nitrogens with one attached hydrogen (secondary N) is 1. The van der Waals surface area contributed by atoms with Crippen LogP contribution < -0.4 is 15.0 Å². The van der Waals surface area contributed by atoms with E-state index in [0.29, 0.717) is 45.0 Å². The number of alkyl halides is 3. The van der Waals surface area contributed by atoms with E-state index in [-0.39, 0.29) is 45.1 Å². The number of aliphatic hydroxyl groups is 1. The highest BCUT2D eigenvalue weighted by atomic mass is 19.1. The molecule has 0 bridgehead atoms. The highest BCUT2D eigenvalue weighted by Gasteiger charge is 2.50. The molecule has 0 fully saturated rings. The van der Waals surface area contributed by atoms with Crippen LogP contribution in [0.4, 0.5) is 30.4 Å². The first-order valence-electron chi connectivity index (χ1n) is 12.0. The topological polar surface area (TPSA) is 96.3 Å². The van der Waals surface area contributed by atoms with Crippen molar-refractivity contribution in [2.75, 3.05) is 63.2 Å². The summed E-state index contributed by atoms with van der Waals surface area (Å²) in [6.45, 7) is -1.28. The molecule has 1 aliphatic heterocycles. The van der Waals surface area contributed by atoms with Crippen LogP contribution in [-0.2, 0) is 15.9 Å². The Morgan fingerprint density at radius 2 is 1.78 bits per heavy atom. The summed E-state index contributed by atoms with van der Waals surface area (Å²) in [4.78, 5) is 6.45. The number of nitrogens with zero attached hydrogens (tertiary/aromatic N) is 2. The maximum absolute atomic E-state index is 13.4. The third kappa shape index (κ3) is 5.25. The Hall–Kier alpha value is -3.28. The Bertz CT molecular complexity index is 1220. The van der Waals surface area contributed by atoms with E-state index in [1.807, 2.05) is 6.07 Å². The van der Waals surface area contributed by atoms with Crippen LogP contribution in [-0.4, -0.2) is 74.1 Å². The fraction of sp³-hybridized carbons (Fsp3) is 0.423. The Balaban J connectivity index is 2.04. The van der Waals surface area contributed by atoms with Crippen molar-refractivity contribution in [1.82, 2.24) is 4.98 Å². The van der Waals surface area contributed by atoms with Crippen molar-refractivity contribution in [3.8, 4) is 11.5 Å². The SMILES string of the molecule is Cc1cc(O)ccc1N1c2c(c(NCCO)nc3c(OCCF)cccc23)CC1(OCCF)OCCF. The second kappa shape index (κ2) is 11.8. The second-order valence-corrected chi connectivity index (χ2v) is 8.40. The van der Waals surface area contributed by atoms with E-state index in [1.54, 1.807) is 36.1 Å². The average molecular weight is 522 g/mol. The van der Waals surface area contributed by atoms with Crippen molar-refractivity contribution in [3.05, 3.63) is 47.5 Å². The number of phenols is 1. The number of halogens is 3. The number of aromatic nitrogens is 1. The number of aliphatic hydroxyl groups excluding tert-OH is 1. The van der Waals surface area contributed by atoms with Gasteiger partial charge in [-0.3, -0.25) is 4.90 Å². The molecule has 3 N–H and O–H groups in total. The summed E-state index contributed by atoms with van der Waals surface area (Å²) in [6.07, 6.45) is 0.0505. The highest BCUT2D eigenvalue weighted by molar-refractivity contribution is 6.02. The molecule has 1 aliphatic rings. The molecular weight excluding hydrogens is 491 g/mol. The number of benzene rings is 2. The zero-order valence-corrected chi connectivity index (χ0v) is 20.5. The molecule has 4 rings (SSSR count). The fourth-order valence-corrected chi connectivity index (χ4v) is 4.63. The molecule has 3 aromatic rings. The Labute approximate surface area is 212 Å². The van der Waals surface area contributed by atoms with E-state index < -0.39 is 25.9 Å². The first-order chi connectivity index (χ1) is 18.0. The van der Waals surface area contributed by atoms with Gasteiger partial charge in [0.2, 0.25) is 0 Å². The second-order valence-electron chi connectivity index (χ2n) is 8.40. The summed E-state index contributed by atoms with van der Waals surface area (Å²) in [5.74, 6) is -0.848. The van der Waals surface area contributed by atoms with E-state index in [9.17, 15) is 23.4 Å². The van der Waals surface area contributed by atoms with E-state index in [1.165, 1.54) is 6.07 Å². The molecule has 2 aromatic carbocycles. The fourth-order valence-electron chi connectivity index (χ4n) is 4.63. The molecule has 37 heavy (non-hydrogen) atoms. The molecule has 0 atom stereocenters. The molecule has 1 aromatic heterocycles. The van der Waals surface area contributed by atoms with Crippen LogP contribution in [0, 0.1) is 6.92 Å². The van der Waals surface area contributed by atoms with Crippen LogP contribution in [0.3, 0.4) is 0 Å². The van der Waals surface area contributed by atoms with Crippen molar-refractivity contribution in [3.63, 3.8) is 0 Å². The third-order valence-electron chi connectivity index (χ3n) is 5.98. The number of fused-ring (bicyclic) bond motifs is 3. The standard InChI is InChI=1S/C26H30F3N3O5/c1-17-15-18(34)5-6-21(17)32-24-19-3-2-4-22(35-12-7-27)23(19)31-25(30-10-11-33)20(24)16-26(32,36-13-8-28)37-14-9-29/h2-6,15,33-34H,7-14,16H2,1H3,(H,30,31). The largest absolute Gasteiger partial charge is 0.508 e. The van der Waals surface area contributed by atoms with Crippen molar-refractivity contribution >= 4 is 28.1 Å². The summed E-state index contributed by atoms with van der Waals surface area (Å²) in [5, 5.41) is 23.2. The number of ether oxygens (including phenoxy) is 3. The van der Waals surface area contributed by atoms with Gasteiger partial charge in [0.25, 0.3) is 5.91 Å². The molecule has 200 valence electrons. The van der Waals surface area contributed by atoms with Gasteiger partial charge >= 0.3 is 0 Å². The predicted molar refractivity (Wildman–Crippen MR) is 134 cm³/mol. The molecular formula is C26H30F3N3O5. The quantitative estimate of drug-likeness (QED) is 0.286. The number of rotatable bonds is 13. The summed E-state index contributed by atoms with van der Waals surface area (Å²) >= 11 is 0. The van der Waals surface area contributed by atoms with Crippen LogP contribution >= 0.6 is 0 Å². The van der Waals surface area contributed by atoms with Gasteiger partial charge in [0.15, 0.2) is 0 Å². The molecule has 0 spiro atoms. The lowest BCUT2D eigenvalue weighted by Crippen LogP contribution is -2.50. The van der Waals surface area contributed by atoms with Crippen LogP contribution in [0.1, 0.15) is 11.1 Å². The van der Waals surface area contributed by atoms with E-state index in [4.69, 9.17) is 19.2 Å². The van der Waals surface area contributed by atoms with Crippen LogP contribution in [0.2, 0.25) is 0 Å². The molecule has 11 heteroatoms. The Kier molecular flexibility index (Phi) is 8.57. The van der Waals surface area contributed by atoms with Gasteiger partial charge in [-0.2, -0.15) is 0 Å². The van der Waals surface area contributed by atoms with Crippen LogP contribution in [0.5, 0.6) is 11.5 Å². The molecule has 8 nitrogen and oxygen atoms in total. The smallest absolute Gasteiger partial charge is 0.260 e. The molecule has 0 radical (unpaired) electrons. The minimum Gasteiger partial charge on any atom is -0.508 e. The number of aromatic hydroxyl groups is 1. The predicted octanol–water partition coefficient (Wildman–Crippen LogP) is 4.32. The van der Waals surface area contributed by atoms with E-state index in [2.05, 4.69) is 5.32 Å².